The molecule has 1 aliphatic carbocycles. The van der Waals surface area contributed by atoms with Gasteiger partial charge in [0, 0.05) is 81.0 Å². The minimum Gasteiger partial charge on any atom is -0.478 e. The molecule has 7 heteroatoms. The number of Topliss-reactive ketones (excluding diaryl/α,β-unsaturated/α-hetero) is 1. The summed E-state index contributed by atoms with van der Waals surface area (Å²) in [6, 6.07) is 15.2. The quantitative estimate of drug-likeness (QED) is 0.538. The van der Waals surface area contributed by atoms with Gasteiger partial charge in [-0.25, -0.2) is 4.79 Å². The number of carboxylic acid groups (broad SMARTS) is 1. The minimum absolute atomic E-state index is 0.0298. The highest BCUT2D eigenvalue weighted by Gasteiger charge is 2.34. The van der Waals surface area contributed by atoms with Crippen molar-refractivity contribution in [2.45, 2.75) is 19.4 Å². The molecule has 184 valence electrons. The van der Waals surface area contributed by atoms with Crippen molar-refractivity contribution in [2.75, 3.05) is 53.0 Å². The first kappa shape index (κ1) is 23.7. The zero-order chi connectivity index (χ0) is 24.4. The van der Waals surface area contributed by atoms with Crippen LogP contribution in [0.5, 0.6) is 0 Å². The lowest BCUT2D eigenvalue weighted by Gasteiger charge is -2.36. The summed E-state index contributed by atoms with van der Waals surface area (Å²) in [7, 11) is 1.74. The number of methoxy groups -OCH3 is 1. The van der Waals surface area contributed by atoms with Gasteiger partial charge < -0.3 is 19.3 Å². The highest BCUT2D eigenvalue weighted by molar-refractivity contribution is 6.11. The molecule has 0 spiro atoms. The van der Waals surface area contributed by atoms with Gasteiger partial charge in [0.15, 0.2) is 5.78 Å². The Morgan fingerprint density at radius 1 is 1.03 bits per heavy atom. The van der Waals surface area contributed by atoms with Crippen LogP contribution in [0.25, 0.3) is 10.9 Å². The molecular weight excluding hydrogens is 442 g/mol. The molecule has 3 aromatic rings. The van der Waals surface area contributed by atoms with Crippen molar-refractivity contribution in [1.82, 2.24) is 14.4 Å². The van der Waals surface area contributed by atoms with Crippen LogP contribution >= 0.6 is 0 Å². The topological polar surface area (TPSA) is 75.0 Å². The molecule has 0 bridgehead atoms. The first-order valence-corrected chi connectivity index (χ1v) is 12.5. The van der Waals surface area contributed by atoms with Gasteiger partial charge in [-0.15, -0.1) is 0 Å². The number of benzene rings is 2. The van der Waals surface area contributed by atoms with Gasteiger partial charge in [-0.3, -0.25) is 9.69 Å². The molecule has 0 saturated carbocycles. The Morgan fingerprint density at radius 3 is 2.46 bits per heavy atom. The van der Waals surface area contributed by atoms with Gasteiger partial charge in [0.2, 0.25) is 0 Å². The van der Waals surface area contributed by atoms with E-state index in [4.69, 9.17) is 4.74 Å². The number of hydrogen-bond acceptors (Lipinski definition) is 5. The second-order valence-corrected chi connectivity index (χ2v) is 9.66. The number of carbonyl (C=O) groups is 2. The predicted molar refractivity (Wildman–Crippen MR) is 135 cm³/mol. The molecular formula is C28H33N3O4. The molecule has 2 aliphatic rings. The van der Waals surface area contributed by atoms with Crippen LogP contribution in [-0.2, 0) is 17.7 Å². The average Bonchev–Trinajstić information content (AvgIpc) is 3.19. The lowest BCUT2D eigenvalue weighted by Crippen LogP contribution is -2.49. The summed E-state index contributed by atoms with van der Waals surface area (Å²) in [5.41, 5.74) is 4.38. The van der Waals surface area contributed by atoms with Gasteiger partial charge in [0.25, 0.3) is 0 Å². The first-order valence-electron chi connectivity index (χ1n) is 12.5. The normalized spacial score (nSPS) is 19.2. The Bertz CT molecular complexity index is 1210. The summed E-state index contributed by atoms with van der Waals surface area (Å²) in [6.07, 6.45) is 1.74. The van der Waals surface area contributed by atoms with E-state index in [1.165, 1.54) is 0 Å². The maximum absolute atomic E-state index is 13.8. The van der Waals surface area contributed by atoms with Crippen LogP contribution in [0, 0.1) is 5.92 Å². The van der Waals surface area contributed by atoms with E-state index < -0.39 is 5.97 Å². The molecule has 1 aliphatic heterocycles. The van der Waals surface area contributed by atoms with Crippen LogP contribution in [0.1, 0.15) is 38.4 Å². The van der Waals surface area contributed by atoms with Crippen molar-refractivity contribution in [3.05, 3.63) is 70.9 Å². The Labute approximate surface area is 205 Å². The predicted octanol–water partition coefficient (Wildman–Crippen LogP) is 3.40. The second kappa shape index (κ2) is 10.3. The SMILES string of the molecule is COCCN1CCN(CC2CCc3c(c4ccccc4n3Cc3ccc(C(=O)O)cc3)C2=O)CC1. The second-order valence-electron chi connectivity index (χ2n) is 9.66. The highest BCUT2D eigenvalue weighted by Crippen LogP contribution is 2.35. The molecule has 1 unspecified atom stereocenters. The Hall–Kier alpha value is -3.00. The zero-order valence-electron chi connectivity index (χ0n) is 20.3. The number of carbonyl (C=O) groups excluding carboxylic acids is 1. The molecule has 2 heterocycles. The molecule has 1 N–H and O–H groups in total. The Morgan fingerprint density at radius 2 is 1.74 bits per heavy atom. The van der Waals surface area contributed by atoms with E-state index in [2.05, 4.69) is 26.5 Å². The first-order chi connectivity index (χ1) is 17.0. The summed E-state index contributed by atoms with van der Waals surface area (Å²) in [6.45, 7) is 7.21. The number of aromatic carboxylic acids is 1. The number of para-hydroxylation sites is 1. The molecule has 0 amide bonds. The van der Waals surface area contributed by atoms with Crippen LogP contribution in [0.15, 0.2) is 48.5 Å². The van der Waals surface area contributed by atoms with Crippen LogP contribution in [0.3, 0.4) is 0 Å². The number of aromatic nitrogens is 1. The number of rotatable bonds is 8. The molecule has 1 fully saturated rings. The van der Waals surface area contributed by atoms with E-state index in [1.807, 2.05) is 24.3 Å². The Kier molecular flexibility index (Phi) is 7.00. The van der Waals surface area contributed by atoms with E-state index in [-0.39, 0.29) is 17.3 Å². The fourth-order valence-electron chi connectivity index (χ4n) is 5.55. The van der Waals surface area contributed by atoms with Gasteiger partial charge in [-0.1, -0.05) is 30.3 Å². The molecule has 1 atom stereocenters. The average molecular weight is 476 g/mol. The largest absolute Gasteiger partial charge is 0.478 e. The molecule has 35 heavy (non-hydrogen) atoms. The van der Waals surface area contributed by atoms with Crippen molar-refractivity contribution in [1.29, 1.82) is 0 Å². The summed E-state index contributed by atoms with van der Waals surface area (Å²) >= 11 is 0. The lowest BCUT2D eigenvalue weighted by molar-refractivity contribution is 0.0695. The maximum Gasteiger partial charge on any atom is 0.335 e. The van der Waals surface area contributed by atoms with Crippen molar-refractivity contribution in [3.8, 4) is 0 Å². The molecule has 1 aromatic heterocycles. The number of carboxylic acids is 1. The van der Waals surface area contributed by atoms with Crippen molar-refractivity contribution < 1.29 is 19.4 Å². The molecule has 2 aromatic carbocycles. The van der Waals surface area contributed by atoms with Gasteiger partial charge in [0.1, 0.15) is 0 Å². The third kappa shape index (κ3) is 4.89. The van der Waals surface area contributed by atoms with Crippen LogP contribution < -0.4 is 0 Å². The third-order valence-electron chi connectivity index (χ3n) is 7.52. The van der Waals surface area contributed by atoms with Gasteiger partial charge in [0.05, 0.1) is 12.2 Å². The lowest BCUT2D eigenvalue weighted by atomic mass is 9.84. The summed E-state index contributed by atoms with van der Waals surface area (Å²) in [4.78, 5) is 29.8. The number of nitrogens with zero attached hydrogens (tertiary/aromatic N) is 3. The summed E-state index contributed by atoms with van der Waals surface area (Å²) in [5, 5.41) is 10.2. The third-order valence-corrected chi connectivity index (χ3v) is 7.52. The number of ketones is 1. The van der Waals surface area contributed by atoms with Gasteiger partial charge in [-0.2, -0.15) is 0 Å². The minimum atomic E-state index is -0.923. The summed E-state index contributed by atoms with van der Waals surface area (Å²) < 4.78 is 7.46. The maximum atomic E-state index is 13.8. The van der Waals surface area contributed by atoms with Crippen LogP contribution in [0.2, 0.25) is 0 Å². The molecule has 7 nitrogen and oxygen atoms in total. The van der Waals surface area contributed by atoms with Crippen molar-refractivity contribution >= 4 is 22.7 Å². The number of ether oxygens (including phenoxy) is 1. The van der Waals surface area contributed by atoms with Crippen LogP contribution in [-0.4, -0.2) is 84.2 Å². The van der Waals surface area contributed by atoms with E-state index in [9.17, 15) is 14.7 Å². The van der Waals surface area contributed by atoms with Crippen LogP contribution in [0.4, 0.5) is 0 Å². The smallest absolute Gasteiger partial charge is 0.335 e. The standard InChI is InChI=1S/C28H33N3O4/c1-35-17-16-29-12-14-30(15-13-29)19-22-10-11-25-26(27(22)32)23-4-2-3-5-24(23)31(25)18-20-6-8-21(9-7-20)28(33)34/h2-9,22H,10-19H2,1H3,(H,33,34). The highest BCUT2D eigenvalue weighted by atomic mass is 16.5. The summed E-state index contributed by atoms with van der Waals surface area (Å²) in [5.74, 6) is -0.625. The zero-order valence-corrected chi connectivity index (χ0v) is 20.3. The fourth-order valence-corrected chi connectivity index (χ4v) is 5.55. The van der Waals surface area contributed by atoms with Gasteiger partial charge in [-0.05, 0) is 36.6 Å². The monoisotopic (exact) mass is 475 g/mol. The number of piperazine rings is 1. The van der Waals surface area contributed by atoms with Gasteiger partial charge >= 0.3 is 5.97 Å². The van der Waals surface area contributed by atoms with Crippen molar-refractivity contribution in [3.63, 3.8) is 0 Å². The van der Waals surface area contributed by atoms with E-state index in [0.29, 0.717) is 6.54 Å². The Balaban J connectivity index is 1.35. The number of fused-ring (bicyclic) bond motifs is 3. The van der Waals surface area contributed by atoms with E-state index >= 15 is 0 Å². The molecule has 1 saturated heterocycles. The van der Waals surface area contributed by atoms with E-state index in [0.717, 1.165) is 86.4 Å². The fraction of sp³-hybridized carbons (Fsp3) is 0.429. The van der Waals surface area contributed by atoms with E-state index in [1.54, 1.807) is 19.2 Å². The van der Waals surface area contributed by atoms with Crippen molar-refractivity contribution in [2.24, 2.45) is 5.92 Å². The molecule has 0 radical (unpaired) electrons. The molecule has 5 rings (SSSR count). The number of hydrogen-bond donors (Lipinski definition) is 1.